The highest BCUT2D eigenvalue weighted by atomic mass is 32.1. The van der Waals surface area contributed by atoms with Gasteiger partial charge >= 0.3 is 12.1 Å². The van der Waals surface area contributed by atoms with Crippen molar-refractivity contribution >= 4 is 23.0 Å². The second kappa shape index (κ2) is 13.3. The fourth-order valence-corrected chi connectivity index (χ4v) is 6.71. The Kier molecular flexibility index (Phi) is 9.16. The summed E-state index contributed by atoms with van der Waals surface area (Å²) in [6, 6.07) is 10.8. The molecule has 0 spiro atoms. The summed E-state index contributed by atoms with van der Waals surface area (Å²) in [6.45, 7) is 7.84. The molecule has 0 aliphatic carbocycles. The van der Waals surface area contributed by atoms with Gasteiger partial charge in [0.1, 0.15) is 17.5 Å². The highest BCUT2D eigenvalue weighted by molar-refractivity contribution is 7.17. The van der Waals surface area contributed by atoms with Gasteiger partial charge in [-0.15, -0.1) is 11.3 Å². The van der Waals surface area contributed by atoms with E-state index in [0.717, 1.165) is 74.2 Å². The molecule has 9 nitrogen and oxygen atoms in total. The Labute approximate surface area is 268 Å². The van der Waals surface area contributed by atoms with E-state index >= 15 is 0 Å². The van der Waals surface area contributed by atoms with Gasteiger partial charge in [0.15, 0.2) is 4.88 Å². The zero-order valence-electron chi connectivity index (χ0n) is 25.8. The number of fused-ring (bicyclic) bond motifs is 1. The van der Waals surface area contributed by atoms with E-state index in [-0.39, 0.29) is 16.2 Å². The second-order valence-corrected chi connectivity index (χ2v) is 12.5. The number of nitrogens with zero attached hydrogens (tertiary/aromatic N) is 6. The molecular formula is C33H35F3N6O3S. The maximum atomic E-state index is 13.7. The number of imidazole rings is 1. The van der Waals surface area contributed by atoms with Crippen LogP contribution in [0.4, 0.5) is 13.2 Å². The van der Waals surface area contributed by atoms with Crippen molar-refractivity contribution in [3.05, 3.63) is 83.3 Å². The molecule has 5 heterocycles. The maximum absolute atomic E-state index is 13.7. The number of carbonyl (C=O) groups excluding carboxylic acids is 1. The molecule has 5 aromatic rings. The first-order valence-corrected chi connectivity index (χ1v) is 15.9. The molecule has 1 aromatic carbocycles. The zero-order valence-corrected chi connectivity index (χ0v) is 26.6. The van der Waals surface area contributed by atoms with Gasteiger partial charge in [0.2, 0.25) is 0 Å². The van der Waals surface area contributed by atoms with Gasteiger partial charge in [0.25, 0.3) is 0 Å². The number of pyridine rings is 1. The van der Waals surface area contributed by atoms with E-state index in [0.29, 0.717) is 16.2 Å². The number of aromatic nitrogens is 4. The molecule has 242 valence electrons. The number of thiophene rings is 1. The SMILES string of the molecule is COC(=O)c1sc(-c2cnc3cc(-c4cnn(CCCN5CCN(C)CC5)c4)ccn23)cc1OC(C)c1ccccc1C(F)(F)F. The molecule has 13 heteroatoms. The van der Waals surface area contributed by atoms with Crippen molar-refractivity contribution in [3.63, 3.8) is 0 Å². The van der Waals surface area contributed by atoms with Crippen molar-refractivity contribution in [2.24, 2.45) is 0 Å². The Morgan fingerprint density at radius 1 is 1.04 bits per heavy atom. The molecule has 1 unspecified atom stereocenters. The van der Waals surface area contributed by atoms with Crippen molar-refractivity contribution in [3.8, 4) is 27.4 Å². The van der Waals surface area contributed by atoms with Crippen LogP contribution in [0.3, 0.4) is 0 Å². The Morgan fingerprint density at radius 3 is 2.59 bits per heavy atom. The number of piperazine rings is 1. The minimum Gasteiger partial charge on any atom is -0.484 e. The van der Waals surface area contributed by atoms with Crippen LogP contribution in [-0.4, -0.2) is 81.8 Å². The molecule has 4 aromatic heterocycles. The fraction of sp³-hybridized carbons (Fsp3) is 0.364. The first kappa shape index (κ1) is 31.8. The number of carbonyl (C=O) groups is 1. The number of halogens is 3. The van der Waals surface area contributed by atoms with Gasteiger partial charge in [-0.2, -0.15) is 18.3 Å². The average Bonchev–Trinajstić information content (AvgIpc) is 3.79. The lowest BCUT2D eigenvalue weighted by atomic mass is 10.0. The number of benzene rings is 1. The van der Waals surface area contributed by atoms with E-state index in [9.17, 15) is 18.0 Å². The molecule has 0 saturated carbocycles. The van der Waals surface area contributed by atoms with Gasteiger partial charge in [0, 0.05) is 62.3 Å². The van der Waals surface area contributed by atoms with Gasteiger partial charge in [0.05, 0.1) is 35.6 Å². The predicted molar refractivity (Wildman–Crippen MR) is 170 cm³/mol. The van der Waals surface area contributed by atoms with Gasteiger partial charge in [-0.3, -0.25) is 9.08 Å². The average molecular weight is 653 g/mol. The third-order valence-electron chi connectivity index (χ3n) is 8.27. The normalized spacial score (nSPS) is 15.3. The molecule has 1 aliphatic heterocycles. The van der Waals surface area contributed by atoms with Crippen molar-refractivity contribution in [2.75, 3.05) is 46.9 Å². The lowest BCUT2D eigenvalue weighted by molar-refractivity contribution is -0.139. The Hall–Kier alpha value is -4.20. The van der Waals surface area contributed by atoms with E-state index in [1.165, 1.54) is 32.2 Å². The number of methoxy groups -OCH3 is 1. The van der Waals surface area contributed by atoms with E-state index < -0.39 is 23.8 Å². The molecule has 0 bridgehead atoms. The topological polar surface area (TPSA) is 77.1 Å². The molecule has 0 N–H and O–H groups in total. The predicted octanol–water partition coefficient (Wildman–Crippen LogP) is 6.51. The highest BCUT2D eigenvalue weighted by Crippen LogP contribution is 2.41. The second-order valence-electron chi connectivity index (χ2n) is 11.4. The lowest BCUT2D eigenvalue weighted by Crippen LogP contribution is -2.44. The summed E-state index contributed by atoms with van der Waals surface area (Å²) < 4.78 is 55.8. The standard InChI is InChI=1S/C33H35F3N6O3S/c1-22(25-7-4-5-8-26(25)33(34,35)36)45-28-18-29(46-31(28)32(43)44-3)27-20-37-30-17-23(9-12-42(27)30)24-19-38-41(21-24)11-6-10-40-15-13-39(2)14-16-40/h4-5,7-9,12,17-22H,6,10-11,13-16H2,1-3H3. The lowest BCUT2D eigenvalue weighted by Gasteiger charge is -2.32. The van der Waals surface area contributed by atoms with Gasteiger partial charge < -0.3 is 19.3 Å². The number of hydrogen-bond donors (Lipinski definition) is 0. The number of ether oxygens (including phenoxy) is 2. The van der Waals surface area contributed by atoms with Crippen LogP contribution in [0.25, 0.3) is 27.3 Å². The van der Waals surface area contributed by atoms with E-state index in [4.69, 9.17) is 9.47 Å². The van der Waals surface area contributed by atoms with Crippen LogP contribution < -0.4 is 4.74 Å². The quantitative estimate of drug-likeness (QED) is 0.159. The first-order valence-electron chi connectivity index (χ1n) is 15.1. The Bertz CT molecular complexity index is 1820. The molecule has 6 rings (SSSR count). The van der Waals surface area contributed by atoms with E-state index in [2.05, 4.69) is 26.9 Å². The summed E-state index contributed by atoms with van der Waals surface area (Å²) in [5.74, 6) is -0.498. The minimum absolute atomic E-state index is 0.0285. The van der Waals surface area contributed by atoms with Crippen LogP contribution in [0, 0.1) is 0 Å². The third kappa shape index (κ3) is 6.81. The highest BCUT2D eigenvalue weighted by Gasteiger charge is 2.35. The fourth-order valence-electron chi connectivity index (χ4n) is 5.69. The van der Waals surface area contributed by atoms with Gasteiger partial charge in [-0.1, -0.05) is 18.2 Å². The summed E-state index contributed by atoms with van der Waals surface area (Å²) >= 11 is 1.13. The van der Waals surface area contributed by atoms with Crippen molar-refractivity contribution in [1.29, 1.82) is 0 Å². The molecule has 1 saturated heterocycles. The third-order valence-corrected chi connectivity index (χ3v) is 9.39. The number of alkyl halides is 3. The summed E-state index contributed by atoms with van der Waals surface area (Å²) in [6.07, 6.45) is 3.00. The maximum Gasteiger partial charge on any atom is 0.416 e. The molecule has 0 amide bonds. The van der Waals surface area contributed by atoms with Crippen molar-refractivity contribution < 1.29 is 27.4 Å². The Morgan fingerprint density at radius 2 is 1.83 bits per heavy atom. The number of rotatable bonds is 10. The van der Waals surface area contributed by atoms with Crippen LogP contribution in [0.1, 0.15) is 40.2 Å². The summed E-state index contributed by atoms with van der Waals surface area (Å²) in [7, 11) is 3.41. The molecular weight excluding hydrogens is 617 g/mol. The summed E-state index contributed by atoms with van der Waals surface area (Å²) in [4.78, 5) is 22.9. The summed E-state index contributed by atoms with van der Waals surface area (Å²) in [5.41, 5.74) is 2.54. The van der Waals surface area contributed by atoms with Gasteiger partial charge in [-0.25, -0.2) is 9.78 Å². The van der Waals surface area contributed by atoms with Gasteiger partial charge in [-0.05, 0) is 50.7 Å². The largest absolute Gasteiger partial charge is 0.484 e. The first-order chi connectivity index (χ1) is 22.1. The zero-order chi connectivity index (χ0) is 32.4. The Balaban J connectivity index is 1.20. The van der Waals surface area contributed by atoms with Crippen LogP contribution in [0.2, 0.25) is 0 Å². The van der Waals surface area contributed by atoms with E-state index in [1.807, 2.05) is 39.8 Å². The van der Waals surface area contributed by atoms with Crippen LogP contribution in [-0.2, 0) is 17.5 Å². The number of esters is 1. The molecule has 46 heavy (non-hydrogen) atoms. The van der Waals surface area contributed by atoms with Crippen molar-refractivity contribution in [1.82, 2.24) is 29.0 Å². The summed E-state index contributed by atoms with van der Waals surface area (Å²) in [5, 5.41) is 4.57. The monoisotopic (exact) mass is 652 g/mol. The van der Waals surface area contributed by atoms with Crippen LogP contribution in [0.5, 0.6) is 5.75 Å². The minimum atomic E-state index is -4.54. The number of likely N-dealkylation sites (N-methyl/N-ethyl adjacent to an activating group) is 1. The molecule has 1 fully saturated rings. The number of hydrogen-bond acceptors (Lipinski definition) is 8. The molecule has 1 aliphatic rings. The number of aryl methyl sites for hydroxylation is 1. The molecule has 1 atom stereocenters. The van der Waals surface area contributed by atoms with Crippen LogP contribution >= 0.6 is 11.3 Å². The smallest absolute Gasteiger partial charge is 0.416 e. The van der Waals surface area contributed by atoms with Crippen molar-refractivity contribution in [2.45, 2.75) is 32.2 Å². The molecule has 0 radical (unpaired) electrons. The van der Waals surface area contributed by atoms with E-state index in [1.54, 1.807) is 12.3 Å². The van der Waals surface area contributed by atoms with Crippen LogP contribution in [0.15, 0.2) is 67.3 Å².